The molecule has 0 spiro atoms. The van der Waals surface area contributed by atoms with Crippen LogP contribution in [-0.4, -0.2) is 23.5 Å². The fourth-order valence-electron chi connectivity index (χ4n) is 1.80. The van der Waals surface area contributed by atoms with Gasteiger partial charge in [-0.1, -0.05) is 0 Å². The van der Waals surface area contributed by atoms with E-state index in [1.165, 1.54) is 5.56 Å². The molecule has 0 aliphatic rings. The zero-order chi connectivity index (χ0) is 13.8. The van der Waals surface area contributed by atoms with E-state index >= 15 is 0 Å². The van der Waals surface area contributed by atoms with Crippen molar-refractivity contribution >= 4 is 17.2 Å². The van der Waals surface area contributed by atoms with E-state index < -0.39 is 0 Å². The van der Waals surface area contributed by atoms with Gasteiger partial charge in [-0.3, -0.25) is 4.79 Å². The first-order chi connectivity index (χ1) is 8.28. The van der Waals surface area contributed by atoms with Crippen molar-refractivity contribution in [2.75, 3.05) is 0 Å². The van der Waals surface area contributed by atoms with E-state index in [0.29, 0.717) is 6.04 Å². The highest BCUT2D eigenvalue weighted by Gasteiger charge is 2.20. The molecule has 1 rings (SSSR count). The van der Waals surface area contributed by atoms with Crippen LogP contribution in [0.2, 0.25) is 0 Å². The van der Waals surface area contributed by atoms with Crippen LogP contribution in [0.25, 0.3) is 0 Å². The second-order valence-electron chi connectivity index (χ2n) is 5.86. The third-order valence-electron chi connectivity index (χ3n) is 2.55. The van der Waals surface area contributed by atoms with Gasteiger partial charge in [0.2, 0.25) is 5.91 Å². The highest BCUT2D eigenvalue weighted by molar-refractivity contribution is 7.07. The van der Waals surface area contributed by atoms with Crippen molar-refractivity contribution in [3.05, 3.63) is 22.4 Å². The van der Waals surface area contributed by atoms with Crippen molar-refractivity contribution in [2.45, 2.75) is 58.7 Å². The van der Waals surface area contributed by atoms with E-state index in [4.69, 9.17) is 0 Å². The molecule has 0 bridgehead atoms. The molecule has 0 saturated carbocycles. The molecule has 2 N–H and O–H groups in total. The van der Waals surface area contributed by atoms with Gasteiger partial charge >= 0.3 is 0 Å². The third kappa shape index (κ3) is 5.65. The van der Waals surface area contributed by atoms with Crippen LogP contribution in [0.5, 0.6) is 0 Å². The van der Waals surface area contributed by atoms with Gasteiger partial charge in [0.15, 0.2) is 0 Å². The summed E-state index contributed by atoms with van der Waals surface area (Å²) in [5.74, 6) is 0.0552. The lowest BCUT2D eigenvalue weighted by molar-refractivity contribution is -0.124. The van der Waals surface area contributed by atoms with Crippen LogP contribution in [0, 0.1) is 0 Å². The Balaban J connectivity index is 2.39. The van der Waals surface area contributed by atoms with Gasteiger partial charge in [0.05, 0.1) is 6.04 Å². The minimum atomic E-state index is -0.177. The zero-order valence-corrected chi connectivity index (χ0v) is 12.7. The van der Waals surface area contributed by atoms with Crippen molar-refractivity contribution in [1.82, 2.24) is 10.6 Å². The summed E-state index contributed by atoms with van der Waals surface area (Å²) in [6, 6.07) is 2.25. The van der Waals surface area contributed by atoms with Gasteiger partial charge in [0.1, 0.15) is 0 Å². The van der Waals surface area contributed by atoms with Crippen LogP contribution in [0.15, 0.2) is 16.8 Å². The highest BCUT2D eigenvalue weighted by Crippen LogP contribution is 2.09. The lowest BCUT2D eigenvalue weighted by atomic mass is 10.1. The Morgan fingerprint density at radius 1 is 1.39 bits per heavy atom. The molecule has 2 unspecified atom stereocenters. The molecular weight excluding hydrogens is 244 g/mol. The average molecular weight is 268 g/mol. The minimum absolute atomic E-state index is 0.0552. The summed E-state index contributed by atoms with van der Waals surface area (Å²) in [5.41, 5.74) is 1.15. The first-order valence-corrected chi connectivity index (χ1v) is 7.31. The number of hydrogen-bond acceptors (Lipinski definition) is 3. The minimum Gasteiger partial charge on any atom is -0.350 e. The van der Waals surface area contributed by atoms with Gasteiger partial charge in [-0.05, 0) is 63.4 Å². The number of thiophene rings is 1. The lowest BCUT2D eigenvalue weighted by Gasteiger charge is -2.25. The topological polar surface area (TPSA) is 41.1 Å². The fourth-order valence-corrected chi connectivity index (χ4v) is 2.48. The Hall–Kier alpha value is -0.870. The van der Waals surface area contributed by atoms with E-state index in [2.05, 4.69) is 34.4 Å². The molecular formula is C14H24N2OS. The number of hydrogen-bond donors (Lipinski definition) is 2. The molecule has 4 heteroatoms. The van der Waals surface area contributed by atoms with E-state index in [-0.39, 0.29) is 17.5 Å². The fraction of sp³-hybridized carbons (Fsp3) is 0.643. The van der Waals surface area contributed by atoms with Crippen LogP contribution in [-0.2, 0) is 11.2 Å². The molecule has 0 radical (unpaired) electrons. The summed E-state index contributed by atoms with van der Waals surface area (Å²) < 4.78 is 0. The van der Waals surface area contributed by atoms with Gasteiger partial charge in [-0.2, -0.15) is 11.3 Å². The van der Waals surface area contributed by atoms with Gasteiger partial charge in [0.25, 0.3) is 0 Å². The van der Waals surface area contributed by atoms with Crippen molar-refractivity contribution in [3.63, 3.8) is 0 Å². The Bertz CT molecular complexity index is 368. The normalized spacial score (nSPS) is 15.2. The van der Waals surface area contributed by atoms with Crippen LogP contribution in [0.4, 0.5) is 0 Å². The summed E-state index contributed by atoms with van der Waals surface area (Å²) in [6.07, 6.45) is 0.955. The monoisotopic (exact) mass is 268 g/mol. The van der Waals surface area contributed by atoms with Crippen LogP contribution >= 0.6 is 11.3 Å². The summed E-state index contributed by atoms with van der Waals surface area (Å²) in [6.45, 7) is 9.99. The third-order valence-corrected chi connectivity index (χ3v) is 3.28. The lowest BCUT2D eigenvalue weighted by Crippen LogP contribution is -2.51. The Kier molecular flexibility index (Phi) is 5.35. The van der Waals surface area contributed by atoms with Crippen molar-refractivity contribution in [3.8, 4) is 0 Å². The Morgan fingerprint density at radius 3 is 2.56 bits per heavy atom. The van der Waals surface area contributed by atoms with E-state index in [1.54, 1.807) is 11.3 Å². The number of rotatable bonds is 5. The molecule has 2 atom stereocenters. The average Bonchev–Trinajstić information content (AvgIpc) is 2.67. The summed E-state index contributed by atoms with van der Waals surface area (Å²) >= 11 is 1.71. The van der Waals surface area contributed by atoms with Crippen molar-refractivity contribution in [2.24, 2.45) is 0 Å². The van der Waals surface area contributed by atoms with E-state index in [1.807, 2.05) is 27.7 Å². The SMILES string of the molecule is CC(Cc1ccsc1)NC(C)C(=O)NC(C)(C)C. The highest BCUT2D eigenvalue weighted by atomic mass is 32.1. The smallest absolute Gasteiger partial charge is 0.237 e. The molecule has 18 heavy (non-hydrogen) atoms. The molecule has 1 aromatic heterocycles. The molecule has 0 saturated heterocycles. The largest absolute Gasteiger partial charge is 0.350 e. The van der Waals surface area contributed by atoms with Crippen LogP contribution in [0.3, 0.4) is 0 Å². The predicted octanol–water partition coefficient (Wildman–Crippen LogP) is 2.57. The molecule has 0 aliphatic carbocycles. The first kappa shape index (κ1) is 15.2. The number of amides is 1. The summed E-state index contributed by atoms with van der Waals surface area (Å²) in [4.78, 5) is 11.9. The van der Waals surface area contributed by atoms with Gasteiger partial charge in [0, 0.05) is 11.6 Å². The Labute approximate surface area is 114 Å². The van der Waals surface area contributed by atoms with Crippen LogP contribution in [0.1, 0.15) is 40.2 Å². The molecule has 0 fully saturated rings. The van der Waals surface area contributed by atoms with Crippen molar-refractivity contribution < 1.29 is 4.79 Å². The maximum Gasteiger partial charge on any atom is 0.237 e. The van der Waals surface area contributed by atoms with E-state index in [0.717, 1.165) is 6.42 Å². The predicted molar refractivity (Wildman–Crippen MR) is 78.0 cm³/mol. The van der Waals surface area contributed by atoms with Gasteiger partial charge in [-0.25, -0.2) is 0 Å². The number of carbonyl (C=O) groups is 1. The molecule has 1 amide bonds. The molecule has 102 valence electrons. The standard InChI is InChI=1S/C14H24N2OS/c1-10(8-12-6-7-18-9-12)15-11(2)13(17)16-14(3,4)5/h6-7,9-11,15H,8H2,1-5H3,(H,16,17). The van der Waals surface area contributed by atoms with Gasteiger partial charge in [-0.15, -0.1) is 0 Å². The molecule has 1 heterocycles. The zero-order valence-electron chi connectivity index (χ0n) is 11.9. The van der Waals surface area contributed by atoms with E-state index in [9.17, 15) is 4.79 Å². The molecule has 3 nitrogen and oxygen atoms in total. The van der Waals surface area contributed by atoms with Crippen LogP contribution < -0.4 is 10.6 Å². The summed E-state index contributed by atoms with van der Waals surface area (Å²) in [7, 11) is 0. The molecule has 1 aromatic rings. The number of nitrogens with one attached hydrogen (secondary N) is 2. The molecule has 0 aliphatic heterocycles. The summed E-state index contributed by atoms with van der Waals surface area (Å²) in [5, 5.41) is 10.5. The maximum absolute atomic E-state index is 11.9. The molecule has 0 aromatic carbocycles. The van der Waals surface area contributed by atoms with Crippen molar-refractivity contribution in [1.29, 1.82) is 0 Å². The number of carbonyl (C=O) groups excluding carboxylic acids is 1. The second-order valence-corrected chi connectivity index (χ2v) is 6.64. The second kappa shape index (κ2) is 6.34. The van der Waals surface area contributed by atoms with Gasteiger partial charge < -0.3 is 10.6 Å². The first-order valence-electron chi connectivity index (χ1n) is 6.37. The maximum atomic E-state index is 11.9. The Morgan fingerprint density at radius 2 is 2.06 bits per heavy atom. The quantitative estimate of drug-likeness (QED) is 0.862.